The molecule has 0 amide bonds. The zero-order valence-corrected chi connectivity index (χ0v) is 10.4. The standard InChI is InChI=1S/C10H17N3O2S/c1-9(2)16(14,15)6-5-11-7-10-3-4-12-8-13-10/h3-4,8-9,11H,5-7H2,1-2H3. The first kappa shape index (κ1) is 13.1. The molecular formula is C10H17N3O2S. The van der Waals surface area contributed by atoms with Crippen molar-refractivity contribution in [3.63, 3.8) is 0 Å². The molecule has 0 aromatic carbocycles. The maximum Gasteiger partial charge on any atom is 0.153 e. The average Bonchev–Trinajstić information content (AvgIpc) is 2.26. The van der Waals surface area contributed by atoms with Gasteiger partial charge in [0.15, 0.2) is 9.84 Å². The summed E-state index contributed by atoms with van der Waals surface area (Å²) in [5.41, 5.74) is 0.858. The van der Waals surface area contributed by atoms with Gasteiger partial charge in [-0.15, -0.1) is 0 Å². The summed E-state index contributed by atoms with van der Waals surface area (Å²) in [6.45, 7) is 4.40. The molecule has 0 unspecified atom stereocenters. The molecule has 0 saturated heterocycles. The molecule has 6 heteroatoms. The molecule has 0 aliphatic heterocycles. The summed E-state index contributed by atoms with van der Waals surface area (Å²) < 4.78 is 23.0. The number of nitrogens with zero attached hydrogens (tertiary/aromatic N) is 2. The van der Waals surface area contributed by atoms with Gasteiger partial charge >= 0.3 is 0 Å². The van der Waals surface area contributed by atoms with E-state index in [1.54, 1.807) is 26.1 Å². The Hall–Kier alpha value is -1.01. The van der Waals surface area contributed by atoms with Gasteiger partial charge in [-0.2, -0.15) is 0 Å². The predicted molar refractivity (Wildman–Crippen MR) is 62.7 cm³/mol. The van der Waals surface area contributed by atoms with Crippen molar-refractivity contribution in [1.29, 1.82) is 0 Å². The van der Waals surface area contributed by atoms with Crippen LogP contribution in [0, 0.1) is 0 Å². The SMILES string of the molecule is CC(C)S(=O)(=O)CCNCc1ccncn1. The predicted octanol–water partition coefficient (Wildman–Crippen LogP) is 0.389. The van der Waals surface area contributed by atoms with Crippen molar-refractivity contribution in [2.24, 2.45) is 0 Å². The molecule has 5 nitrogen and oxygen atoms in total. The lowest BCUT2D eigenvalue weighted by molar-refractivity contribution is 0.581. The maximum absolute atomic E-state index is 11.5. The molecule has 1 N–H and O–H groups in total. The van der Waals surface area contributed by atoms with Gasteiger partial charge in [-0.1, -0.05) is 0 Å². The van der Waals surface area contributed by atoms with Crippen LogP contribution in [0.5, 0.6) is 0 Å². The number of hydrogen-bond acceptors (Lipinski definition) is 5. The Kier molecular flexibility index (Phi) is 4.82. The Morgan fingerprint density at radius 2 is 2.19 bits per heavy atom. The van der Waals surface area contributed by atoms with Crippen molar-refractivity contribution in [3.05, 3.63) is 24.3 Å². The lowest BCUT2D eigenvalue weighted by Crippen LogP contribution is -2.27. The van der Waals surface area contributed by atoms with Crippen LogP contribution < -0.4 is 5.32 Å². The molecule has 0 bridgehead atoms. The van der Waals surface area contributed by atoms with Gasteiger partial charge < -0.3 is 5.32 Å². The van der Waals surface area contributed by atoms with Crippen molar-refractivity contribution in [3.8, 4) is 0 Å². The molecule has 90 valence electrons. The highest BCUT2D eigenvalue weighted by atomic mass is 32.2. The smallest absolute Gasteiger partial charge is 0.153 e. The van der Waals surface area contributed by atoms with E-state index >= 15 is 0 Å². The zero-order valence-electron chi connectivity index (χ0n) is 9.55. The summed E-state index contributed by atoms with van der Waals surface area (Å²) in [4.78, 5) is 7.83. The fraction of sp³-hybridized carbons (Fsp3) is 0.600. The van der Waals surface area contributed by atoms with Crippen LogP contribution in [-0.2, 0) is 16.4 Å². The highest BCUT2D eigenvalue weighted by Crippen LogP contribution is 1.99. The van der Waals surface area contributed by atoms with Gasteiger partial charge in [0.1, 0.15) is 6.33 Å². The summed E-state index contributed by atoms with van der Waals surface area (Å²) in [5.74, 6) is 0.162. The van der Waals surface area contributed by atoms with E-state index in [4.69, 9.17) is 0 Å². The van der Waals surface area contributed by atoms with E-state index in [0.29, 0.717) is 13.1 Å². The third kappa shape index (κ3) is 4.24. The summed E-state index contributed by atoms with van der Waals surface area (Å²) in [6, 6.07) is 1.80. The number of aromatic nitrogens is 2. The zero-order chi connectivity index (χ0) is 12.0. The van der Waals surface area contributed by atoms with Crippen molar-refractivity contribution in [1.82, 2.24) is 15.3 Å². The van der Waals surface area contributed by atoms with Crippen LogP contribution in [0.15, 0.2) is 18.6 Å². The van der Waals surface area contributed by atoms with E-state index in [1.807, 2.05) is 0 Å². The molecule has 0 spiro atoms. The second kappa shape index (κ2) is 5.91. The maximum atomic E-state index is 11.5. The molecule has 0 radical (unpaired) electrons. The van der Waals surface area contributed by atoms with Gasteiger partial charge in [-0.3, -0.25) is 0 Å². The Labute approximate surface area is 96.2 Å². The van der Waals surface area contributed by atoms with E-state index < -0.39 is 9.84 Å². The van der Waals surface area contributed by atoms with E-state index in [1.165, 1.54) is 6.33 Å². The van der Waals surface area contributed by atoms with Crippen LogP contribution in [0.2, 0.25) is 0 Å². The molecule has 0 fully saturated rings. The van der Waals surface area contributed by atoms with Crippen molar-refractivity contribution < 1.29 is 8.42 Å². The number of hydrogen-bond donors (Lipinski definition) is 1. The lowest BCUT2D eigenvalue weighted by atomic mass is 10.4. The minimum absolute atomic E-state index is 0.162. The Morgan fingerprint density at radius 1 is 1.44 bits per heavy atom. The van der Waals surface area contributed by atoms with Crippen molar-refractivity contribution in [2.75, 3.05) is 12.3 Å². The van der Waals surface area contributed by atoms with Gasteiger partial charge in [0, 0.05) is 19.3 Å². The molecule has 0 aliphatic rings. The lowest BCUT2D eigenvalue weighted by Gasteiger charge is -2.08. The fourth-order valence-electron chi connectivity index (χ4n) is 1.09. The number of nitrogens with one attached hydrogen (secondary N) is 1. The van der Waals surface area contributed by atoms with E-state index in [-0.39, 0.29) is 11.0 Å². The van der Waals surface area contributed by atoms with E-state index in [9.17, 15) is 8.42 Å². The van der Waals surface area contributed by atoms with Crippen LogP contribution in [0.3, 0.4) is 0 Å². The largest absolute Gasteiger partial charge is 0.310 e. The van der Waals surface area contributed by atoms with Crippen LogP contribution >= 0.6 is 0 Å². The average molecular weight is 243 g/mol. The topological polar surface area (TPSA) is 72.0 Å². The summed E-state index contributed by atoms with van der Waals surface area (Å²) in [6.07, 6.45) is 3.14. The Bertz CT molecular complexity index is 403. The summed E-state index contributed by atoms with van der Waals surface area (Å²) in [5, 5.41) is 2.73. The van der Waals surface area contributed by atoms with Gasteiger partial charge in [0.2, 0.25) is 0 Å². The number of sulfone groups is 1. The summed E-state index contributed by atoms with van der Waals surface area (Å²) in [7, 11) is -2.95. The van der Waals surface area contributed by atoms with Crippen LogP contribution in [0.25, 0.3) is 0 Å². The number of rotatable bonds is 6. The van der Waals surface area contributed by atoms with Crippen LogP contribution in [-0.4, -0.2) is 35.9 Å². The van der Waals surface area contributed by atoms with Gasteiger partial charge in [-0.25, -0.2) is 18.4 Å². The minimum atomic E-state index is -2.95. The van der Waals surface area contributed by atoms with Crippen molar-refractivity contribution >= 4 is 9.84 Å². The highest BCUT2D eigenvalue weighted by Gasteiger charge is 2.14. The second-order valence-electron chi connectivity index (χ2n) is 3.79. The second-order valence-corrected chi connectivity index (χ2v) is 6.47. The molecule has 0 aliphatic carbocycles. The molecule has 1 heterocycles. The quantitative estimate of drug-likeness (QED) is 0.732. The monoisotopic (exact) mass is 243 g/mol. The Balaban J connectivity index is 2.28. The third-order valence-electron chi connectivity index (χ3n) is 2.23. The molecule has 0 saturated carbocycles. The molecule has 16 heavy (non-hydrogen) atoms. The van der Waals surface area contributed by atoms with E-state index in [0.717, 1.165) is 5.69 Å². The van der Waals surface area contributed by atoms with Gasteiger partial charge in [0.05, 0.1) is 16.7 Å². The molecule has 0 atom stereocenters. The molecule has 1 rings (SSSR count). The Morgan fingerprint density at radius 3 is 2.75 bits per heavy atom. The first-order chi connectivity index (χ1) is 7.52. The van der Waals surface area contributed by atoms with Crippen LogP contribution in [0.1, 0.15) is 19.5 Å². The molecular weight excluding hydrogens is 226 g/mol. The minimum Gasteiger partial charge on any atom is -0.310 e. The van der Waals surface area contributed by atoms with Gasteiger partial charge in [-0.05, 0) is 19.9 Å². The van der Waals surface area contributed by atoms with E-state index in [2.05, 4.69) is 15.3 Å². The van der Waals surface area contributed by atoms with Crippen LogP contribution in [0.4, 0.5) is 0 Å². The molecule has 1 aromatic heterocycles. The highest BCUT2D eigenvalue weighted by molar-refractivity contribution is 7.92. The van der Waals surface area contributed by atoms with Crippen molar-refractivity contribution in [2.45, 2.75) is 25.6 Å². The first-order valence-corrected chi connectivity index (χ1v) is 6.91. The normalized spacial score (nSPS) is 11.9. The fourth-order valence-corrected chi connectivity index (χ4v) is 1.99. The first-order valence-electron chi connectivity index (χ1n) is 5.19. The molecule has 1 aromatic rings. The third-order valence-corrected chi connectivity index (χ3v) is 4.44. The van der Waals surface area contributed by atoms with Gasteiger partial charge in [0.25, 0.3) is 0 Å². The summed E-state index contributed by atoms with van der Waals surface area (Å²) >= 11 is 0.